The summed E-state index contributed by atoms with van der Waals surface area (Å²) in [4.78, 5) is 22.1. The van der Waals surface area contributed by atoms with Crippen LogP contribution in [0, 0.1) is 6.92 Å². The highest BCUT2D eigenvalue weighted by Gasteiger charge is 2.13. The molecule has 3 rings (SSSR count). The van der Waals surface area contributed by atoms with Crippen LogP contribution in [0.4, 0.5) is 5.69 Å². The Morgan fingerprint density at radius 2 is 1.81 bits per heavy atom. The van der Waals surface area contributed by atoms with Crippen LogP contribution in [-0.2, 0) is 0 Å². The van der Waals surface area contributed by atoms with Gasteiger partial charge in [-0.25, -0.2) is 4.98 Å². The van der Waals surface area contributed by atoms with Gasteiger partial charge in [0, 0.05) is 25.8 Å². The number of aryl methyl sites for hydroxylation is 1. The second kappa shape index (κ2) is 7.48. The number of likely N-dealkylation sites (N-methyl/N-ethyl adjacent to an activating group) is 2. The van der Waals surface area contributed by atoms with Gasteiger partial charge in [0.1, 0.15) is 5.82 Å². The molecule has 0 aliphatic rings. The molecule has 1 heterocycles. The Hall–Kier alpha value is -2.37. The Morgan fingerprint density at radius 1 is 1.08 bits per heavy atom. The molecule has 2 aromatic carbocycles. The summed E-state index contributed by atoms with van der Waals surface area (Å²) in [6, 6.07) is 13.1. The normalized spacial score (nSPS) is 11.3. The number of aromatic nitrogens is 2. The molecule has 3 aromatic rings. The molecule has 0 bridgehead atoms. The number of fused-ring (bicyclic) bond motifs is 1. The average Bonchev–Trinajstić information content (AvgIpc) is 2.61. The maximum atomic E-state index is 13.2. The highest BCUT2D eigenvalue weighted by Crippen LogP contribution is 2.22. The van der Waals surface area contributed by atoms with Crippen LogP contribution >= 0.6 is 11.6 Å². The summed E-state index contributed by atoms with van der Waals surface area (Å²) in [5, 5.41) is 1.11. The third kappa shape index (κ3) is 3.59. The lowest BCUT2D eigenvalue weighted by Crippen LogP contribution is -2.28. The SMILES string of the molecule is Cc1nc2ccc(N(C)CCN(C)C)cc2c(=O)n1-c1ccccc1Cl. The minimum atomic E-state index is -0.108. The molecule has 0 aliphatic heterocycles. The molecule has 5 nitrogen and oxygen atoms in total. The molecule has 0 saturated carbocycles. The first-order valence-electron chi connectivity index (χ1n) is 8.52. The van der Waals surface area contributed by atoms with Crippen molar-refractivity contribution in [1.29, 1.82) is 0 Å². The molecule has 0 fully saturated rings. The first-order chi connectivity index (χ1) is 12.4. The van der Waals surface area contributed by atoms with E-state index in [9.17, 15) is 4.79 Å². The monoisotopic (exact) mass is 370 g/mol. The lowest BCUT2D eigenvalue weighted by Gasteiger charge is -2.22. The summed E-state index contributed by atoms with van der Waals surface area (Å²) in [7, 11) is 6.12. The van der Waals surface area contributed by atoms with Gasteiger partial charge in [-0.3, -0.25) is 9.36 Å². The largest absolute Gasteiger partial charge is 0.373 e. The van der Waals surface area contributed by atoms with Gasteiger partial charge in [-0.2, -0.15) is 0 Å². The van der Waals surface area contributed by atoms with E-state index in [2.05, 4.69) is 14.8 Å². The fraction of sp³-hybridized carbons (Fsp3) is 0.300. The Labute approximate surface area is 158 Å². The smallest absolute Gasteiger partial charge is 0.266 e. The van der Waals surface area contributed by atoms with E-state index in [0.29, 0.717) is 27.4 Å². The van der Waals surface area contributed by atoms with E-state index in [1.54, 1.807) is 10.6 Å². The zero-order valence-electron chi connectivity index (χ0n) is 15.5. The van der Waals surface area contributed by atoms with Crippen LogP contribution in [0.5, 0.6) is 0 Å². The summed E-state index contributed by atoms with van der Waals surface area (Å²) in [5.41, 5.74) is 2.23. The van der Waals surface area contributed by atoms with Crippen LogP contribution < -0.4 is 10.5 Å². The minimum absolute atomic E-state index is 0.108. The van der Waals surface area contributed by atoms with E-state index in [-0.39, 0.29) is 5.56 Å². The Kier molecular flexibility index (Phi) is 5.30. The molecule has 0 unspecified atom stereocenters. The van der Waals surface area contributed by atoms with Gasteiger partial charge >= 0.3 is 0 Å². The predicted octanol–water partition coefficient (Wildman–Crippen LogP) is 3.35. The molecular formula is C20H23ClN4O. The third-order valence-electron chi connectivity index (χ3n) is 4.44. The summed E-state index contributed by atoms with van der Waals surface area (Å²) >= 11 is 6.31. The lowest BCUT2D eigenvalue weighted by atomic mass is 10.2. The lowest BCUT2D eigenvalue weighted by molar-refractivity contribution is 0.416. The van der Waals surface area contributed by atoms with Gasteiger partial charge in [0.2, 0.25) is 0 Å². The van der Waals surface area contributed by atoms with E-state index in [1.807, 2.05) is 64.5 Å². The number of rotatable bonds is 5. The third-order valence-corrected chi connectivity index (χ3v) is 4.76. The van der Waals surface area contributed by atoms with Gasteiger partial charge in [0.25, 0.3) is 5.56 Å². The van der Waals surface area contributed by atoms with Crippen molar-refractivity contribution in [3.8, 4) is 5.69 Å². The first kappa shape index (κ1) is 18.4. The maximum absolute atomic E-state index is 13.2. The van der Waals surface area contributed by atoms with Crippen molar-refractivity contribution in [2.45, 2.75) is 6.92 Å². The Bertz CT molecular complexity index is 997. The van der Waals surface area contributed by atoms with Crippen molar-refractivity contribution in [2.24, 2.45) is 0 Å². The number of nitrogens with zero attached hydrogens (tertiary/aromatic N) is 4. The molecule has 0 N–H and O–H groups in total. The molecule has 136 valence electrons. The van der Waals surface area contributed by atoms with E-state index in [1.165, 1.54) is 0 Å². The standard InChI is InChI=1S/C20H23ClN4O/c1-14-22-18-10-9-15(24(4)12-11-23(2)3)13-16(18)20(26)25(14)19-8-6-5-7-17(19)21/h5-10,13H,11-12H2,1-4H3. The van der Waals surface area contributed by atoms with Crippen molar-refractivity contribution < 1.29 is 0 Å². The molecule has 1 aromatic heterocycles. The van der Waals surface area contributed by atoms with E-state index < -0.39 is 0 Å². The molecule has 0 spiro atoms. The quantitative estimate of drug-likeness (QED) is 0.690. The number of halogens is 1. The van der Waals surface area contributed by atoms with Gasteiger partial charge in [0.05, 0.1) is 21.6 Å². The summed E-state index contributed by atoms with van der Waals surface area (Å²) < 4.78 is 1.58. The van der Waals surface area contributed by atoms with Crippen molar-refractivity contribution in [2.75, 3.05) is 39.1 Å². The van der Waals surface area contributed by atoms with Gasteiger partial charge in [-0.05, 0) is 51.4 Å². The summed E-state index contributed by atoms with van der Waals surface area (Å²) in [5.74, 6) is 0.615. The van der Waals surface area contributed by atoms with E-state index >= 15 is 0 Å². The second-order valence-electron chi connectivity index (χ2n) is 6.68. The first-order valence-corrected chi connectivity index (χ1v) is 8.90. The molecule has 0 saturated heterocycles. The van der Waals surface area contributed by atoms with E-state index in [4.69, 9.17) is 11.6 Å². The summed E-state index contributed by atoms with van der Waals surface area (Å²) in [6.07, 6.45) is 0. The van der Waals surface area contributed by atoms with Crippen molar-refractivity contribution >= 4 is 28.2 Å². The topological polar surface area (TPSA) is 41.4 Å². The number of hydrogen-bond donors (Lipinski definition) is 0. The number of hydrogen-bond acceptors (Lipinski definition) is 4. The minimum Gasteiger partial charge on any atom is -0.373 e. The van der Waals surface area contributed by atoms with Gasteiger partial charge in [0.15, 0.2) is 0 Å². The van der Waals surface area contributed by atoms with Crippen LogP contribution in [0.15, 0.2) is 47.3 Å². The molecule has 0 aliphatic carbocycles. The van der Waals surface area contributed by atoms with Gasteiger partial charge in [-0.15, -0.1) is 0 Å². The predicted molar refractivity (Wildman–Crippen MR) is 109 cm³/mol. The van der Waals surface area contributed by atoms with E-state index in [0.717, 1.165) is 18.8 Å². The van der Waals surface area contributed by atoms with Crippen molar-refractivity contribution in [3.63, 3.8) is 0 Å². The fourth-order valence-corrected chi connectivity index (χ4v) is 3.14. The summed E-state index contributed by atoms with van der Waals surface area (Å²) in [6.45, 7) is 3.63. The zero-order valence-corrected chi connectivity index (χ0v) is 16.3. The Morgan fingerprint density at radius 3 is 2.50 bits per heavy atom. The van der Waals surface area contributed by atoms with Crippen LogP contribution in [0.1, 0.15) is 5.82 Å². The number of benzene rings is 2. The highest BCUT2D eigenvalue weighted by atomic mass is 35.5. The second-order valence-corrected chi connectivity index (χ2v) is 7.08. The Balaban J connectivity index is 2.12. The van der Waals surface area contributed by atoms with Gasteiger partial charge in [-0.1, -0.05) is 23.7 Å². The van der Waals surface area contributed by atoms with Gasteiger partial charge < -0.3 is 9.80 Å². The van der Waals surface area contributed by atoms with Crippen LogP contribution in [0.2, 0.25) is 5.02 Å². The molecule has 0 atom stereocenters. The molecular weight excluding hydrogens is 348 g/mol. The number of anilines is 1. The molecule has 0 radical (unpaired) electrons. The van der Waals surface area contributed by atoms with Crippen LogP contribution in [0.25, 0.3) is 16.6 Å². The zero-order chi connectivity index (χ0) is 18.8. The molecule has 6 heteroatoms. The van der Waals surface area contributed by atoms with Crippen LogP contribution in [0.3, 0.4) is 0 Å². The number of para-hydroxylation sites is 1. The van der Waals surface area contributed by atoms with Crippen molar-refractivity contribution in [3.05, 3.63) is 63.7 Å². The fourth-order valence-electron chi connectivity index (χ4n) is 2.92. The molecule has 0 amide bonds. The molecule has 26 heavy (non-hydrogen) atoms. The average molecular weight is 371 g/mol. The highest BCUT2D eigenvalue weighted by molar-refractivity contribution is 6.32. The maximum Gasteiger partial charge on any atom is 0.266 e. The van der Waals surface area contributed by atoms with Crippen molar-refractivity contribution in [1.82, 2.24) is 14.5 Å². The van der Waals surface area contributed by atoms with Crippen LogP contribution in [-0.4, -0.2) is 48.7 Å².